The van der Waals surface area contributed by atoms with Crippen molar-refractivity contribution in [1.29, 1.82) is 0 Å². The summed E-state index contributed by atoms with van der Waals surface area (Å²) in [7, 11) is 0. The fourth-order valence-corrected chi connectivity index (χ4v) is 3.70. The molecule has 2 heterocycles. The smallest absolute Gasteiger partial charge is 0.261 e. The SMILES string of the molecule is CCCc1sc(C(=O)NCC2=CCNCC2)cc1CC.Cl. The van der Waals surface area contributed by atoms with Crippen LogP contribution in [0.4, 0.5) is 0 Å². The highest BCUT2D eigenvalue weighted by molar-refractivity contribution is 7.14. The molecule has 1 aromatic rings. The van der Waals surface area contributed by atoms with Crippen LogP contribution in [-0.4, -0.2) is 25.5 Å². The van der Waals surface area contributed by atoms with Crippen molar-refractivity contribution in [2.45, 2.75) is 39.5 Å². The van der Waals surface area contributed by atoms with Crippen LogP contribution < -0.4 is 10.6 Å². The molecule has 0 fully saturated rings. The number of carbonyl (C=O) groups is 1. The van der Waals surface area contributed by atoms with E-state index in [-0.39, 0.29) is 18.3 Å². The van der Waals surface area contributed by atoms with Gasteiger partial charge in [0.25, 0.3) is 5.91 Å². The summed E-state index contributed by atoms with van der Waals surface area (Å²) in [5, 5.41) is 6.33. The van der Waals surface area contributed by atoms with Gasteiger partial charge in [-0.2, -0.15) is 0 Å². The van der Waals surface area contributed by atoms with Crippen molar-refractivity contribution in [2.75, 3.05) is 19.6 Å². The van der Waals surface area contributed by atoms with E-state index < -0.39 is 0 Å². The number of amides is 1. The van der Waals surface area contributed by atoms with E-state index in [2.05, 4.69) is 36.6 Å². The van der Waals surface area contributed by atoms with Crippen LogP contribution in [0, 0.1) is 0 Å². The lowest BCUT2D eigenvalue weighted by Gasteiger charge is -2.14. The highest BCUT2D eigenvalue weighted by Gasteiger charge is 2.13. The summed E-state index contributed by atoms with van der Waals surface area (Å²) in [6.07, 6.45) is 6.44. The largest absolute Gasteiger partial charge is 0.348 e. The van der Waals surface area contributed by atoms with Crippen LogP contribution in [-0.2, 0) is 12.8 Å². The molecule has 118 valence electrons. The zero-order chi connectivity index (χ0) is 14.4. The first-order chi connectivity index (χ1) is 9.74. The summed E-state index contributed by atoms with van der Waals surface area (Å²) in [5.74, 6) is 0.0754. The molecule has 0 spiro atoms. The topological polar surface area (TPSA) is 41.1 Å². The first kappa shape index (κ1) is 18.2. The number of hydrogen-bond acceptors (Lipinski definition) is 3. The molecule has 0 saturated carbocycles. The van der Waals surface area contributed by atoms with Crippen LogP contribution in [0.3, 0.4) is 0 Å². The van der Waals surface area contributed by atoms with Gasteiger partial charge in [0.1, 0.15) is 0 Å². The van der Waals surface area contributed by atoms with Crippen molar-refractivity contribution in [3.05, 3.63) is 33.0 Å². The third-order valence-corrected chi connectivity index (χ3v) is 4.85. The molecule has 5 heteroatoms. The molecule has 0 aromatic carbocycles. The van der Waals surface area contributed by atoms with E-state index in [0.717, 1.165) is 43.6 Å². The molecule has 2 rings (SSSR count). The molecule has 0 atom stereocenters. The van der Waals surface area contributed by atoms with Gasteiger partial charge in [-0.25, -0.2) is 0 Å². The Morgan fingerprint density at radius 1 is 1.43 bits per heavy atom. The summed E-state index contributed by atoms with van der Waals surface area (Å²) in [6.45, 7) is 6.96. The van der Waals surface area contributed by atoms with Gasteiger partial charge in [0, 0.05) is 18.0 Å². The fourth-order valence-electron chi connectivity index (χ4n) is 2.43. The first-order valence-electron chi connectivity index (χ1n) is 7.53. The van der Waals surface area contributed by atoms with Gasteiger partial charge >= 0.3 is 0 Å². The first-order valence-corrected chi connectivity index (χ1v) is 8.34. The number of rotatable bonds is 6. The third kappa shape index (κ3) is 5.13. The molecular weight excluding hydrogens is 304 g/mol. The molecule has 3 nitrogen and oxygen atoms in total. The van der Waals surface area contributed by atoms with Crippen molar-refractivity contribution >= 4 is 29.7 Å². The van der Waals surface area contributed by atoms with Crippen molar-refractivity contribution in [1.82, 2.24) is 10.6 Å². The monoisotopic (exact) mass is 328 g/mol. The molecule has 1 amide bonds. The van der Waals surface area contributed by atoms with Gasteiger partial charge in [0.2, 0.25) is 0 Å². The van der Waals surface area contributed by atoms with Crippen molar-refractivity contribution in [3.8, 4) is 0 Å². The van der Waals surface area contributed by atoms with Crippen LogP contribution in [0.25, 0.3) is 0 Å². The number of aryl methyl sites for hydroxylation is 2. The van der Waals surface area contributed by atoms with E-state index in [1.807, 2.05) is 0 Å². The van der Waals surface area contributed by atoms with E-state index in [1.54, 1.807) is 11.3 Å². The average molecular weight is 329 g/mol. The van der Waals surface area contributed by atoms with Gasteiger partial charge < -0.3 is 10.6 Å². The maximum atomic E-state index is 12.2. The second-order valence-electron chi connectivity index (χ2n) is 5.16. The lowest BCUT2D eigenvalue weighted by Crippen LogP contribution is -2.29. The number of carbonyl (C=O) groups excluding carboxylic acids is 1. The summed E-state index contributed by atoms with van der Waals surface area (Å²) < 4.78 is 0. The fraction of sp³-hybridized carbons (Fsp3) is 0.562. The lowest BCUT2D eigenvalue weighted by molar-refractivity contribution is 0.0960. The van der Waals surface area contributed by atoms with E-state index in [0.29, 0.717) is 6.54 Å². The maximum absolute atomic E-state index is 12.2. The Morgan fingerprint density at radius 3 is 2.86 bits per heavy atom. The third-order valence-electron chi connectivity index (χ3n) is 3.61. The standard InChI is InChI=1S/C16H24N2OS.ClH/c1-3-5-14-13(4-2)10-15(20-14)16(19)18-11-12-6-8-17-9-7-12;/h6,10,17H,3-5,7-9,11H2,1-2H3,(H,18,19);1H. The zero-order valence-electron chi connectivity index (χ0n) is 12.8. The molecule has 1 aromatic heterocycles. The molecule has 0 bridgehead atoms. The average Bonchev–Trinajstić information content (AvgIpc) is 2.89. The Bertz CT molecular complexity index is 496. The van der Waals surface area contributed by atoms with Gasteiger partial charge in [-0.1, -0.05) is 31.9 Å². The van der Waals surface area contributed by atoms with E-state index in [4.69, 9.17) is 0 Å². The zero-order valence-corrected chi connectivity index (χ0v) is 14.5. The minimum Gasteiger partial charge on any atom is -0.348 e. The van der Waals surface area contributed by atoms with Crippen LogP contribution in [0.2, 0.25) is 0 Å². The number of halogens is 1. The van der Waals surface area contributed by atoms with Gasteiger partial charge in [-0.15, -0.1) is 23.7 Å². The predicted molar refractivity (Wildman–Crippen MR) is 92.8 cm³/mol. The number of thiophene rings is 1. The highest BCUT2D eigenvalue weighted by Crippen LogP contribution is 2.24. The molecule has 0 radical (unpaired) electrons. The van der Waals surface area contributed by atoms with E-state index >= 15 is 0 Å². The van der Waals surface area contributed by atoms with E-state index in [1.165, 1.54) is 16.0 Å². The molecule has 0 unspecified atom stereocenters. The number of hydrogen-bond donors (Lipinski definition) is 2. The Kier molecular flexibility index (Phi) is 8.01. The molecule has 0 saturated heterocycles. The quantitative estimate of drug-likeness (QED) is 0.786. The predicted octanol–water partition coefficient (Wildman–Crippen LogP) is 3.33. The summed E-state index contributed by atoms with van der Waals surface area (Å²) in [4.78, 5) is 14.5. The van der Waals surface area contributed by atoms with Gasteiger partial charge in [0.15, 0.2) is 0 Å². The molecule has 1 aliphatic rings. The van der Waals surface area contributed by atoms with Crippen molar-refractivity contribution < 1.29 is 4.79 Å². The maximum Gasteiger partial charge on any atom is 0.261 e. The van der Waals surface area contributed by atoms with E-state index in [9.17, 15) is 4.79 Å². The van der Waals surface area contributed by atoms with Crippen molar-refractivity contribution in [2.24, 2.45) is 0 Å². The van der Waals surface area contributed by atoms with Gasteiger partial charge in [0.05, 0.1) is 4.88 Å². The summed E-state index contributed by atoms with van der Waals surface area (Å²) >= 11 is 1.66. The Labute approximate surface area is 137 Å². The Balaban J connectivity index is 0.00000220. The Morgan fingerprint density at radius 2 is 2.24 bits per heavy atom. The molecule has 0 aliphatic carbocycles. The normalized spacial score (nSPS) is 14.3. The van der Waals surface area contributed by atoms with Crippen LogP contribution in [0.15, 0.2) is 17.7 Å². The minimum absolute atomic E-state index is 0. The number of nitrogens with one attached hydrogen (secondary N) is 2. The molecule has 1 aliphatic heterocycles. The lowest BCUT2D eigenvalue weighted by atomic mass is 10.1. The molecular formula is C16H25ClN2OS. The highest BCUT2D eigenvalue weighted by atomic mass is 35.5. The summed E-state index contributed by atoms with van der Waals surface area (Å²) in [6, 6.07) is 2.07. The molecule has 2 N–H and O–H groups in total. The van der Waals surface area contributed by atoms with Crippen LogP contribution >= 0.6 is 23.7 Å². The second kappa shape index (κ2) is 9.23. The minimum atomic E-state index is 0. The van der Waals surface area contributed by atoms with Gasteiger partial charge in [-0.3, -0.25) is 4.79 Å². The van der Waals surface area contributed by atoms with Crippen LogP contribution in [0.1, 0.15) is 46.8 Å². The Hall–Kier alpha value is -0.840. The second-order valence-corrected chi connectivity index (χ2v) is 6.30. The van der Waals surface area contributed by atoms with Gasteiger partial charge in [-0.05, 0) is 37.4 Å². The molecule has 21 heavy (non-hydrogen) atoms. The van der Waals surface area contributed by atoms with Crippen LogP contribution in [0.5, 0.6) is 0 Å². The summed E-state index contributed by atoms with van der Waals surface area (Å²) in [5.41, 5.74) is 2.67. The van der Waals surface area contributed by atoms with Crippen molar-refractivity contribution in [3.63, 3.8) is 0 Å².